The van der Waals surface area contributed by atoms with Crippen LogP contribution in [0.2, 0.25) is 0 Å². The number of phosphoric acid groups is 1. The lowest BCUT2D eigenvalue weighted by atomic mass is 10.1. The Hall–Kier alpha value is -2.90. The molecule has 13 nitrogen and oxygen atoms in total. The molecule has 1 aliphatic heterocycles. The first-order valence-corrected chi connectivity index (χ1v) is 11.2. The molecule has 1 fully saturated rings. The number of aromatic nitrogens is 3. The summed E-state index contributed by atoms with van der Waals surface area (Å²) >= 11 is 0. The summed E-state index contributed by atoms with van der Waals surface area (Å²) in [6.07, 6.45) is -3.46. The number of aliphatic hydroxyl groups excluding tert-OH is 2. The second-order valence-corrected chi connectivity index (χ2v) is 8.49. The molecular formula is C19H20N3O10P. The van der Waals surface area contributed by atoms with E-state index in [1.165, 1.54) is 6.20 Å². The lowest BCUT2D eigenvalue weighted by molar-refractivity contribution is -0.0548. The predicted molar refractivity (Wildman–Crippen MR) is 110 cm³/mol. The molecule has 1 aliphatic rings. The molecule has 1 aromatic carbocycles. The topological polar surface area (TPSA) is 186 Å². The lowest BCUT2D eigenvalue weighted by Gasteiger charge is -2.18. The third kappa shape index (κ3) is 5.04. The first kappa shape index (κ1) is 23.3. The normalized spacial score (nSPS) is 23.2. The molecule has 0 amide bonds. The third-order valence-corrected chi connectivity index (χ3v) is 5.50. The molecule has 0 bridgehead atoms. The van der Waals surface area contributed by atoms with Crippen molar-refractivity contribution in [3.05, 3.63) is 75.5 Å². The fourth-order valence-corrected chi connectivity index (χ4v) is 3.73. The molecule has 4 rings (SSSR count). The van der Waals surface area contributed by atoms with E-state index in [4.69, 9.17) is 18.9 Å². The predicted octanol–water partition coefficient (Wildman–Crippen LogP) is -0.558. The Kier molecular flexibility index (Phi) is 6.45. The first-order valence-electron chi connectivity index (χ1n) is 9.68. The average Bonchev–Trinajstić information content (AvgIpc) is 3.35. The number of oxazole rings is 1. The minimum Gasteiger partial charge on any atom is -0.439 e. The van der Waals surface area contributed by atoms with Gasteiger partial charge in [-0.15, -0.1) is 0 Å². The van der Waals surface area contributed by atoms with Gasteiger partial charge in [0.2, 0.25) is 5.89 Å². The van der Waals surface area contributed by atoms with Gasteiger partial charge in [0, 0.05) is 17.8 Å². The minimum atomic E-state index is -4.84. The fourth-order valence-electron chi connectivity index (χ4n) is 3.39. The van der Waals surface area contributed by atoms with Crippen molar-refractivity contribution in [3.63, 3.8) is 0 Å². The summed E-state index contributed by atoms with van der Waals surface area (Å²) in [4.78, 5) is 47.0. The summed E-state index contributed by atoms with van der Waals surface area (Å²) in [5, 5.41) is 20.4. The zero-order valence-electron chi connectivity index (χ0n) is 16.9. The van der Waals surface area contributed by atoms with E-state index in [9.17, 15) is 24.4 Å². The Labute approximate surface area is 185 Å². The smallest absolute Gasteiger partial charge is 0.439 e. The number of ether oxygens (including phenoxy) is 1. The molecule has 4 N–H and O–H groups in total. The van der Waals surface area contributed by atoms with Gasteiger partial charge in [-0.3, -0.25) is 18.5 Å². The zero-order chi connectivity index (χ0) is 23.8. The van der Waals surface area contributed by atoms with Crippen LogP contribution in [0.1, 0.15) is 12.1 Å². The highest BCUT2D eigenvalue weighted by atomic mass is 31.2. The van der Waals surface area contributed by atoms with Gasteiger partial charge in [-0.2, -0.15) is 0 Å². The molecule has 33 heavy (non-hydrogen) atoms. The zero-order valence-corrected chi connectivity index (χ0v) is 17.8. The maximum Gasteiger partial charge on any atom is 0.469 e. The standard InChI is InChI=1S/C19H20N3O10P/c23-15-6-7-21(18-17(25)16(24)13(32-18)10-30-33(27,28)29)19(26)22(15)9-14-20-8-12(31-14)11-4-2-1-3-5-11/h1-8,13,16-18,24-25H,9-10H2,(H2,27,28,29)/t13-,16?,17+,18-/m1/s1. The third-order valence-electron chi connectivity index (χ3n) is 5.02. The molecule has 4 atom stereocenters. The fraction of sp³-hybridized carbons (Fsp3) is 0.316. The number of hydrogen-bond acceptors (Lipinski definition) is 9. The van der Waals surface area contributed by atoms with Crippen LogP contribution in [0.5, 0.6) is 0 Å². The molecule has 14 heteroatoms. The van der Waals surface area contributed by atoms with Crippen molar-refractivity contribution >= 4 is 7.82 Å². The van der Waals surface area contributed by atoms with Gasteiger partial charge in [0.1, 0.15) is 24.9 Å². The van der Waals surface area contributed by atoms with Crippen molar-refractivity contribution < 1.29 is 38.2 Å². The van der Waals surface area contributed by atoms with E-state index in [-0.39, 0.29) is 12.4 Å². The highest BCUT2D eigenvalue weighted by Gasteiger charge is 2.45. The van der Waals surface area contributed by atoms with Crippen LogP contribution >= 0.6 is 7.82 Å². The Morgan fingerprint density at radius 3 is 2.52 bits per heavy atom. The molecule has 3 heterocycles. The average molecular weight is 481 g/mol. The molecule has 0 radical (unpaired) electrons. The molecule has 0 spiro atoms. The van der Waals surface area contributed by atoms with Crippen LogP contribution in [-0.2, 0) is 20.4 Å². The second kappa shape index (κ2) is 9.15. The summed E-state index contributed by atoms with van der Waals surface area (Å²) in [5.74, 6) is 0.534. The van der Waals surface area contributed by atoms with Crippen molar-refractivity contribution in [2.75, 3.05) is 6.61 Å². The van der Waals surface area contributed by atoms with Crippen LogP contribution in [0, 0.1) is 0 Å². The molecule has 1 unspecified atom stereocenters. The number of benzene rings is 1. The van der Waals surface area contributed by atoms with Crippen molar-refractivity contribution in [1.29, 1.82) is 0 Å². The molecule has 176 valence electrons. The maximum absolute atomic E-state index is 13.0. The maximum atomic E-state index is 13.0. The Balaban J connectivity index is 1.58. The Bertz CT molecular complexity index is 1280. The van der Waals surface area contributed by atoms with Crippen LogP contribution in [0.4, 0.5) is 0 Å². The van der Waals surface area contributed by atoms with E-state index >= 15 is 0 Å². The number of aliphatic hydroxyl groups is 2. The van der Waals surface area contributed by atoms with E-state index < -0.39 is 50.2 Å². The van der Waals surface area contributed by atoms with E-state index in [0.29, 0.717) is 5.76 Å². The monoisotopic (exact) mass is 481 g/mol. The molecule has 0 saturated carbocycles. The van der Waals surface area contributed by atoms with E-state index in [2.05, 4.69) is 9.51 Å². The van der Waals surface area contributed by atoms with Gasteiger partial charge in [-0.05, 0) is 0 Å². The van der Waals surface area contributed by atoms with Gasteiger partial charge in [0.15, 0.2) is 12.0 Å². The molecule has 1 saturated heterocycles. The van der Waals surface area contributed by atoms with Crippen molar-refractivity contribution in [2.24, 2.45) is 0 Å². The summed E-state index contributed by atoms with van der Waals surface area (Å²) < 4.78 is 27.9. The van der Waals surface area contributed by atoms with Gasteiger partial charge in [-0.25, -0.2) is 14.3 Å². The van der Waals surface area contributed by atoms with Gasteiger partial charge in [-0.1, -0.05) is 30.3 Å². The lowest BCUT2D eigenvalue weighted by Crippen LogP contribution is -2.43. The summed E-state index contributed by atoms with van der Waals surface area (Å²) in [5.41, 5.74) is -0.783. The Morgan fingerprint density at radius 2 is 1.82 bits per heavy atom. The van der Waals surface area contributed by atoms with Gasteiger partial charge < -0.3 is 29.2 Å². The summed E-state index contributed by atoms with van der Waals surface area (Å²) in [6.45, 7) is -1.03. The largest absolute Gasteiger partial charge is 0.469 e. The van der Waals surface area contributed by atoms with Crippen LogP contribution in [0.25, 0.3) is 11.3 Å². The van der Waals surface area contributed by atoms with E-state index in [1.807, 2.05) is 30.3 Å². The highest BCUT2D eigenvalue weighted by Crippen LogP contribution is 2.38. The van der Waals surface area contributed by atoms with E-state index in [0.717, 1.165) is 27.0 Å². The summed E-state index contributed by atoms with van der Waals surface area (Å²) in [6, 6.07) is 10.1. The minimum absolute atomic E-state index is 0.0895. The SMILES string of the molecule is O=c1ccn([C@@H]2O[C@H](COP(=O)(O)O)C(O)[C@@H]2O)c(=O)n1Cc1ncc(-c2ccccc2)o1. The van der Waals surface area contributed by atoms with Crippen LogP contribution in [0.15, 0.2) is 62.8 Å². The second-order valence-electron chi connectivity index (χ2n) is 7.25. The molecule has 2 aromatic heterocycles. The van der Waals surface area contributed by atoms with Crippen molar-refractivity contribution in [2.45, 2.75) is 31.1 Å². The van der Waals surface area contributed by atoms with Crippen molar-refractivity contribution in [1.82, 2.24) is 14.1 Å². The number of rotatable bonds is 7. The van der Waals surface area contributed by atoms with Crippen LogP contribution in [-0.4, -0.2) is 59.0 Å². The summed E-state index contributed by atoms with van der Waals surface area (Å²) in [7, 11) is -4.84. The molecular weight excluding hydrogens is 461 g/mol. The first-order chi connectivity index (χ1) is 15.6. The number of nitrogens with zero attached hydrogens (tertiary/aromatic N) is 3. The molecule has 3 aromatic rings. The van der Waals surface area contributed by atoms with Crippen molar-refractivity contribution in [3.8, 4) is 11.3 Å². The van der Waals surface area contributed by atoms with Gasteiger partial charge in [0.25, 0.3) is 5.56 Å². The van der Waals surface area contributed by atoms with Gasteiger partial charge in [0.05, 0.1) is 12.8 Å². The number of phosphoric ester groups is 1. The Morgan fingerprint density at radius 1 is 1.09 bits per heavy atom. The molecule has 0 aliphatic carbocycles. The van der Waals surface area contributed by atoms with Crippen LogP contribution in [0.3, 0.4) is 0 Å². The quantitative estimate of drug-likeness (QED) is 0.317. The number of hydrogen-bond donors (Lipinski definition) is 4. The highest BCUT2D eigenvalue weighted by molar-refractivity contribution is 7.46. The van der Waals surface area contributed by atoms with Gasteiger partial charge >= 0.3 is 13.5 Å². The van der Waals surface area contributed by atoms with E-state index in [1.54, 1.807) is 0 Å². The van der Waals surface area contributed by atoms with Crippen LogP contribution < -0.4 is 11.2 Å².